The Kier molecular flexibility index (Phi) is 4.50. The van der Waals surface area contributed by atoms with Crippen molar-refractivity contribution in [2.75, 3.05) is 6.54 Å². The summed E-state index contributed by atoms with van der Waals surface area (Å²) in [7, 11) is 0. The number of alkyl halides is 3. The Bertz CT molecular complexity index is 419. The first-order valence-corrected chi connectivity index (χ1v) is 5.44. The third-order valence-corrected chi connectivity index (χ3v) is 2.27. The second kappa shape index (κ2) is 5.51. The molecule has 1 aromatic rings. The van der Waals surface area contributed by atoms with Crippen molar-refractivity contribution in [3.8, 4) is 0 Å². The zero-order valence-corrected chi connectivity index (χ0v) is 10.5. The molecule has 18 heavy (non-hydrogen) atoms. The van der Waals surface area contributed by atoms with E-state index < -0.39 is 24.7 Å². The first-order valence-electron chi connectivity index (χ1n) is 5.06. The fourth-order valence-corrected chi connectivity index (χ4v) is 1.35. The standard InChI is InChI=1S/C10H11ClF3N3O/c1-6(2)17(5-10(12,13)14)9(18)7-3-16-8(11)4-15-7/h3-4,6H,5H2,1-2H3. The lowest BCUT2D eigenvalue weighted by atomic mass is 10.2. The first-order chi connectivity index (χ1) is 8.20. The van der Waals surface area contributed by atoms with Crippen molar-refractivity contribution in [2.45, 2.75) is 26.1 Å². The van der Waals surface area contributed by atoms with Crippen LogP contribution >= 0.6 is 11.6 Å². The Labute approximate surface area is 107 Å². The molecule has 8 heteroatoms. The van der Waals surface area contributed by atoms with Crippen molar-refractivity contribution in [1.82, 2.24) is 14.9 Å². The van der Waals surface area contributed by atoms with Gasteiger partial charge in [0.25, 0.3) is 5.91 Å². The van der Waals surface area contributed by atoms with Gasteiger partial charge >= 0.3 is 6.18 Å². The molecule has 1 amide bonds. The number of hydrogen-bond donors (Lipinski definition) is 0. The Balaban J connectivity index is 2.93. The van der Waals surface area contributed by atoms with Gasteiger partial charge in [-0.2, -0.15) is 13.2 Å². The van der Waals surface area contributed by atoms with Gasteiger partial charge in [-0.05, 0) is 13.8 Å². The molecule has 0 aliphatic carbocycles. The highest BCUT2D eigenvalue weighted by atomic mass is 35.5. The van der Waals surface area contributed by atoms with E-state index in [1.54, 1.807) is 0 Å². The predicted molar refractivity (Wildman–Crippen MR) is 59.3 cm³/mol. The summed E-state index contributed by atoms with van der Waals surface area (Å²) in [6, 6.07) is -0.600. The van der Waals surface area contributed by atoms with Gasteiger partial charge < -0.3 is 4.90 Å². The molecule has 1 heterocycles. The number of aromatic nitrogens is 2. The van der Waals surface area contributed by atoms with Gasteiger partial charge in [-0.3, -0.25) is 4.79 Å². The lowest BCUT2D eigenvalue weighted by molar-refractivity contribution is -0.143. The van der Waals surface area contributed by atoms with E-state index in [2.05, 4.69) is 9.97 Å². The van der Waals surface area contributed by atoms with Gasteiger partial charge in [0.15, 0.2) is 0 Å². The number of hydrogen-bond acceptors (Lipinski definition) is 3. The molecule has 0 saturated heterocycles. The van der Waals surface area contributed by atoms with Crippen molar-refractivity contribution in [3.63, 3.8) is 0 Å². The van der Waals surface area contributed by atoms with Crippen molar-refractivity contribution in [2.24, 2.45) is 0 Å². The van der Waals surface area contributed by atoms with E-state index in [1.807, 2.05) is 0 Å². The van der Waals surface area contributed by atoms with Crippen molar-refractivity contribution in [1.29, 1.82) is 0 Å². The van der Waals surface area contributed by atoms with Gasteiger partial charge in [0, 0.05) is 6.04 Å². The average Bonchev–Trinajstić information content (AvgIpc) is 2.24. The number of carbonyl (C=O) groups is 1. The largest absolute Gasteiger partial charge is 0.406 e. The van der Waals surface area contributed by atoms with E-state index in [4.69, 9.17) is 11.6 Å². The molecule has 0 N–H and O–H groups in total. The third-order valence-electron chi connectivity index (χ3n) is 2.07. The topological polar surface area (TPSA) is 46.1 Å². The molecule has 0 saturated carbocycles. The lowest BCUT2D eigenvalue weighted by Crippen LogP contribution is -2.43. The second-order valence-corrected chi connectivity index (χ2v) is 4.25. The summed E-state index contributed by atoms with van der Waals surface area (Å²) in [6.07, 6.45) is -2.29. The minimum atomic E-state index is -4.46. The number of halogens is 4. The number of nitrogens with zero attached hydrogens (tertiary/aromatic N) is 3. The molecule has 4 nitrogen and oxygen atoms in total. The summed E-state index contributed by atoms with van der Waals surface area (Å²) < 4.78 is 37.1. The quantitative estimate of drug-likeness (QED) is 0.855. The Morgan fingerprint density at radius 2 is 2.00 bits per heavy atom. The highest BCUT2D eigenvalue weighted by molar-refractivity contribution is 6.29. The van der Waals surface area contributed by atoms with E-state index >= 15 is 0 Å². The summed E-state index contributed by atoms with van der Waals surface area (Å²) in [5.41, 5.74) is -0.169. The molecule has 0 aromatic carbocycles. The maximum atomic E-state index is 12.4. The van der Waals surface area contributed by atoms with Gasteiger partial charge in [0.05, 0.1) is 12.4 Å². The third kappa shape index (κ3) is 4.14. The number of amides is 1. The van der Waals surface area contributed by atoms with Gasteiger partial charge in [-0.25, -0.2) is 9.97 Å². The van der Waals surface area contributed by atoms with Crippen LogP contribution in [-0.4, -0.2) is 39.5 Å². The molecule has 0 radical (unpaired) electrons. The minimum Gasteiger partial charge on any atom is -0.326 e. The van der Waals surface area contributed by atoms with Crippen LogP contribution in [0.4, 0.5) is 13.2 Å². The highest BCUT2D eigenvalue weighted by Crippen LogP contribution is 2.19. The van der Waals surface area contributed by atoms with E-state index in [0.717, 1.165) is 12.4 Å². The summed E-state index contributed by atoms with van der Waals surface area (Å²) >= 11 is 5.49. The van der Waals surface area contributed by atoms with Crippen LogP contribution in [0, 0.1) is 0 Å². The average molecular weight is 282 g/mol. The lowest BCUT2D eigenvalue weighted by Gasteiger charge is -2.27. The number of rotatable bonds is 3. The smallest absolute Gasteiger partial charge is 0.326 e. The van der Waals surface area contributed by atoms with E-state index in [1.165, 1.54) is 13.8 Å². The molecule has 0 unspecified atom stereocenters. The van der Waals surface area contributed by atoms with Crippen LogP contribution in [-0.2, 0) is 0 Å². The Hall–Kier alpha value is -1.37. The molecule has 0 spiro atoms. The molecule has 0 aliphatic heterocycles. The van der Waals surface area contributed by atoms with Crippen LogP contribution < -0.4 is 0 Å². The highest BCUT2D eigenvalue weighted by Gasteiger charge is 2.35. The Morgan fingerprint density at radius 1 is 1.39 bits per heavy atom. The Morgan fingerprint density at radius 3 is 2.39 bits per heavy atom. The number of carbonyl (C=O) groups excluding carboxylic acids is 1. The summed E-state index contributed by atoms with van der Waals surface area (Å²) in [5.74, 6) is -0.827. The summed E-state index contributed by atoms with van der Waals surface area (Å²) in [4.78, 5) is 19.8. The molecule has 100 valence electrons. The summed E-state index contributed by atoms with van der Waals surface area (Å²) in [6.45, 7) is 1.66. The second-order valence-electron chi connectivity index (χ2n) is 3.87. The van der Waals surface area contributed by atoms with Crippen molar-refractivity contribution >= 4 is 17.5 Å². The van der Waals surface area contributed by atoms with E-state index in [-0.39, 0.29) is 10.8 Å². The normalized spacial score (nSPS) is 11.7. The van der Waals surface area contributed by atoms with Crippen LogP contribution in [0.25, 0.3) is 0 Å². The monoisotopic (exact) mass is 281 g/mol. The van der Waals surface area contributed by atoms with Crippen molar-refractivity contribution < 1.29 is 18.0 Å². The van der Waals surface area contributed by atoms with Crippen LogP contribution in [0.5, 0.6) is 0 Å². The zero-order chi connectivity index (χ0) is 13.9. The predicted octanol–water partition coefficient (Wildman–Crippen LogP) is 2.54. The van der Waals surface area contributed by atoms with Crippen LogP contribution in [0.1, 0.15) is 24.3 Å². The molecule has 0 fully saturated rings. The van der Waals surface area contributed by atoms with Gasteiger partial charge in [0.2, 0.25) is 0 Å². The molecular weight excluding hydrogens is 271 g/mol. The first kappa shape index (κ1) is 14.7. The molecule has 0 aliphatic rings. The molecule has 0 atom stereocenters. The maximum Gasteiger partial charge on any atom is 0.406 e. The van der Waals surface area contributed by atoms with Crippen molar-refractivity contribution in [3.05, 3.63) is 23.2 Å². The fraction of sp³-hybridized carbons (Fsp3) is 0.500. The maximum absolute atomic E-state index is 12.4. The molecule has 1 rings (SSSR count). The van der Waals surface area contributed by atoms with Crippen LogP contribution in [0.2, 0.25) is 5.15 Å². The van der Waals surface area contributed by atoms with Gasteiger partial charge in [0.1, 0.15) is 17.4 Å². The van der Waals surface area contributed by atoms with E-state index in [9.17, 15) is 18.0 Å². The fourth-order valence-electron chi connectivity index (χ4n) is 1.25. The SMILES string of the molecule is CC(C)N(CC(F)(F)F)C(=O)c1cnc(Cl)cn1. The molecule has 0 bridgehead atoms. The van der Waals surface area contributed by atoms with Gasteiger partial charge in [-0.15, -0.1) is 0 Å². The summed E-state index contributed by atoms with van der Waals surface area (Å²) in [5, 5.41) is 0.0680. The van der Waals surface area contributed by atoms with Gasteiger partial charge in [-0.1, -0.05) is 11.6 Å². The van der Waals surface area contributed by atoms with Crippen LogP contribution in [0.15, 0.2) is 12.4 Å². The molecular formula is C10H11ClF3N3O. The van der Waals surface area contributed by atoms with E-state index in [0.29, 0.717) is 4.90 Å². The zero-order valence-electron chi connectivity index (χ0n) is 9.70. The minimum absolute atomic E-state index is 0.0680. The molecule has 1 aromatic heterocycles. The van der Waals surface area contributed by atoms with Crippen LogP contribution in [0.3, 0.4) is 0 Å².